The molecule has 1 aromatic heterocycles. The van der Waals surface area contributed by atoms with Gasteiger partial charge >= 0.3 is 0 Å². The fourth-order valence-corrected chi connectivity index (χ4v) is 3.60. The summed E-state index contributed by atoms with van der Waals surface area (Å²) in [5.74, 6) is 1.55. The van der Waals surface area contributed by atoms with E-state index in [4.69, 9.17) is 0 Å². The van der Waals surface area contributed by atoms with E-state index in [9.17, 15) is 9.59 Å². The van der Waals surface area contributed by atoms with E-state index in [0.29, 0.717) is 18.8 Å². The van der Waals surface area contributed by atoms with Gasteiger partial charge in [0, 0.05) is 38.1 Å². The molecular formula is C20H24N4O2S. The van der Waals surface area contributed by atoms with Crippen LogP contribution in [0.25, 0.3) is 0 Å². The standard InChI is InChI=1S/C20H24N4O2S/c1-16-5-7-17(8-6-16)22-19(25)14-27-15-20(26)24-12-10-23(11-13-24)18-4-2-3-9-21-18/h2-9H,10-15H2,1H3,(H,22,25). The highest BCUT2D eigenvalue weighted by molar-refractivity contribution is 8.00. The van der Waals surface area contributed by atoms with E-state index in [2.05, 4.69) is 15.2 Å². The van der Waals surface area contributed by atoms with E-state index >= 15 is 0 Å². The van der Waals surface area contributed by atoms with Crippen LogP contribution >= 0.6 is 11.8 Å². The third kappa shape index (κ3) is 5.72. The third-order valence-corrected chi connectivity index (χ3v) is 5.32. The van der Waals surface area contributed by atoms with Crippen molar-refractivity contribution in [1.29, 1.82) is 0 Å². The van der Waals surface area contributed by atoms with Crippen molar-refractivity contribution in [1.82, 2.24) is 9.88 Å². The van der Waals surface area contributed by atoms with Gasteiger partial charge in [0.05, 0.1) is 11.5 Å². The summed E-state index contributed by atoms with van der Waals surface area (Å²) < 4.78 is 0. The molecule has 1 N–H and O–H groups in total. The Hall–Kier alpha value is -2.54. The molecule has 0 atom stereocenters. The number of piperazine rings is 1. The number of anilines is 2. The van der Waals surface area contributed by atoms with Crippen molar-refractivity contribution in [3.05, 3.63) is 54.2 Å². The van der Waals surface area contributed by atoms with Gasteiger partial charge in [0.1, 0.15) is 5.82 Å². The Kier molecular flexibility index (Phi) is 6.70. The predicted octanol–water partition coefficient (Wildman–Crippen LogP) is 2.41. The first kappa shape index (κ1) is 19.2. The molecule has 142 valence electrons. The number of thioether (sulfide) groups is 1. The molecule has 0 aliphatic carbocycles. The fourth-order valence-electron chi connectivity index (χ4n) is 2.88. The summed E-state index contributed by atoms with van der Waals surface area (Å²) >= 11 is 1.35. The van der Waals surface area contributed by atoms with Crippen LogP contribution in [-0.4, -0.2) is 59.4 Å². The highest BCUT2D eigenvalue weighted by atomic mass is 32.2. The Balaban J connectivity index is 1.36. The topological polar surface area (TPSA) is 65.5 Å². The molecule has 2 heterocycles. The van der Waals surface area contributed by atoms with Gasteiger partial charge in [-0.25, -0.2) is 4.98 Å². The number of carbonyl (C=O) groups is 2. The highest BCUT2D eigenvalue weighted by Crippen LogP contribution is 2.14. The molecule has 6 nitrogen and oxygen atoms in total. The number of rotatable bonds is 6. The maximum Gasteiger partial charge on any atom is 0.234 e. The zero-order chi connectivity index (χ0) is 19.1. The molecule has 2 amide bonds. The lowest BCUT2D eigenvalue weighted by Crippen LogP contribution is -2.49. The van der Waals surface area contributed by atoms with Gasteiger partial charge in [-0.2, -0.15) is 0 Å². The zero-order valence-corrected chi connectivity index (χ0v) is 16.2. The van der Waals surface area contributed by atoms with Gasteiger partial charge in [-0.1, -0.05) is 23.8 Å². The Morgan fingerprint density at radius 1 is 1.04 bits per heavy atom. The van der Waals surface area contributed by atoms with Crippen molar-refractivity contribution in [2.75, 3.05) is 47.9 Å². The second-order valence-corrected chi connectivity index (χ2v) is 7.45. The normalized spacial score (nSPS) is 14.1. The van der Waals surface area contributed by atoms with E-state index in [1.54, 1.807) is 6.20 Å². The molecule has 0 saturated carbocycles. The van der Waals surface area contributed by atoms with Gasteiger partial charge < -0.3 is 15.1 Å². The van der Waals surface area contributed by atoms with Gasteiger partial charge in [0.25, 0.3) is 0 Å². The van der Waals surface area contributed by atoms with Gasteiger partial charge in [-0.15, -0.1) is 11.8 Å². The Morgan fingerprint density at radius 3 is 2.44 bits per heavy atom. The van der Waals surface area contributed by atoms with E-state index in [0.717, 1.165) is 30.2 Å². The van der Waals surface area contributed by atoms with Crippen LogP contribution in [0.3, 0.4) is 0 Å². The van der Waals surface area contributed by atoms with Crippen LogP contribution in [-0.2, 0) is 9.59 Å². The minimum absolute atomic E-state index is 0.0865. The van der Waals surface area contributed by atoms with Gasteiger partial charge in [-0.3, -0.25) is 9.59 Å². The van der Waals surface area contributed by atoms with Crippen LogP contribution < -0.4 is 10.2 Å². The van der Waals surface area contributed by atoms with Crippen molar-refractivity contribution >= 4 is 35.1 Å². The number of nitrogens with zero attached hydrogens (tertiary/aromatic N) is 3. The molecule has 1 aliphatic heterocycles. The summed E-state index contributed by atoms with van der Waals surface area (Å²) in [4.78, 5) is 32.7. The quantitative estimate of drug-likeness (QED) is 0.829. The second kappa shape index (κ2) is 9.41. The monoisotopic (exact) mass is 384 g/mol. The van der Waals surface area contributed by atoms with Crippen LogP contribution in [0.15, 0.2) is 48.7 Å². The molecule has 27 heavy (non-hydrogen) atoms. The molecule has 3 rings (SSSR count). The molecular weight excluding hydrogens is 360 g/mol. The van der Waals surface area contributed by atoms with Gasteiger partial charge in [0.15, 0.2) is 0 Å². The molecule has 1 saturated heterocycles. The van der Waals surface area contributed by atoms with Gasteiger partial charge in [-0.05, 0) is 31.2 Å². The van der Waals surface area contributed by atoms with Crippen molar-refractivity contribution in [3.63, 3.8) is 0 Å². The van der Waals surface area contributed by atoms with E-state index < -0.39 is 0 Å². The number of aromatic nitrogens is 1. The Morgan fingerprint density at radius 2 is 1.78 bits per heavy atom. The van der Waals surface area contributed by atoms with Crippen molar-refractivity contribution in [3.8, 4) is 0 Å². The summed E-state index contributed by atoms with van der Waals surface area (Å²) in [5, 5.41) is 2.85. The number of benzene rings is 1. The second-order valence-electron chi connectivity index (χ2n) is 6.46. The fraction of sp³-hybridized carbons (Fsp3) is 0.350. The number of nitrogens with one attached hydrogen (secondary N) is 1. The molecule has 0 radical (unpaired) electrons. The van der Waals surface area contributed by atoms with E-state index in [-0.39, 0.29) is 17.6 Å². The van der Waals surface area contributed by atoms with Crippen LogP contribution in [0.2, 0.25) is 0 Å². The van der Waals surface area contributed by atoms with Crippen LogP contribution in [0.1, 0.15) is 5.56 Å². The smallest absolute Gasteiger partial charge is 0.234 e. The van der Waals surface area contributed by atoms with Crippen molar-refractivity contribution in [2.45, 2.75) is 6.92 Å². The average Bonchev–Trinajstić information content (AvgIpc) is 2.70. The number of pyridine rings is 1. The van der Waals surface area contributed by atoms with Crippen LogP contribution in [0.4, 0.5) is 11.5 Å². The number of amides is 2. The number of hydrogen-bond donors (Lipinski definition) is 1. The molecule has 0 unspecified atom stereocenters. The molecule has 1 aliphatic rings. The van der Waals surface area contributed by atoms with E-state index in [1.807, 2.05) is 54.3 Å². The minimum atomic E-state index is -0.0865. The Labute approximate surface area is 164 Å². The lowest BCUT2D eigenvalue weighted by molar-refractivity contribution is -0.128. The lowest BCUT2D eigenvalue weighted by Gasteiger charge is -2.35. The van der Waals surface area contributed by atoms with Crippen molar-refractivity contribution in [2.24, 2.45) is 0 Å². The summed E-state index contributed by atoms with van der Waals surface area (Å²) in [7, 11) is 0. The Bertz CT molecular complexity index is 759. The van der Waals surface area contributed by atoms with Crippen LogP contribution in [0.5, 0.6) is 0 Å². The first-order valence-electron chi connectivity index (χ1n) is 9.00. The van der Waals surface area contributed by atoms with Crippen LogP contribution in [0, 0.1) is 6.92 Å². The summed E-state index contributed by atoms with van der Waals surface area (Å²) in [6.45, 7) is 4.93. The maximum absolute atomic E-state index is 12.4. The van der Waals surface area contributed by atoms with Gasteiger partial charge in [0.2, 0.25) is 11.8 Å². The first-order chi connectivity index (χ1) is 13.1. The number of carbonyl (C=O) groups excluding carboxylic acids is 2. The minimum Gasteiger partial charge on any atom is -0.353 e. The molecule has 0 spiro atoms. The summed E-state index contributed by atoms with van der Waals surface area (Å²) in [6, 6.07) is 13.5. The average molecular weight is 385 g/mol. The zero-order valence-electron chi connectivity index (χ0n) is 15.4. The molecule has 7 heteroatoms. The summed E-state index contributed by atoms with van der Waals surface area (Å²) in [5.41, 5.74) is 1.93. The SMILES string of the molecule is Cc1ccc(NC(=O)CSCC(=O)N2CCN(c3ccccn3)CC2)cc1. The number of hydrogen-bond acceptors (Lipinski definition) is 5. The maximum atomic E-state index is 12.4. The number of aryl methyl sites for hydroxylation is 1. The summed E-state index contributed by atoms with van der Waals surface area (Å²) in [6.07, 6.45) is 1.78. The lowest BCUT2D eigenvalue weighted by atomic mass is 10.2. The third-order valence-electron chi connectivity index (χ3n) is 4.40. The molecule has 0 bridgehead atoms. The van der Waals surface area contributed by atoms with Crippen molar-refractivity contribution < 1.29 is 9.59 Å². The predicted molar refractivity (Wildman–Crippen MR) is 110 cm³/mol. The molecule has 1 aromatic carbocycles. The largest absolute Gasteiger partial charge is 0.353 e. The molecule has 2 aromatic rings. The van der Waals surface area contributed by atoms with E-state index in [1.165, 1.54) is 11.8 Å². The first-order valence-corrected chi connectivity index (χ1v) is 10.2. The molecule has 1 fully saturated rings. The highest BCUT2D eigenvalue weighted by Gasteiger charge is 2.21.